The molecule has 0 unspecified atom stereocenters. The van der Waals surface area contributed by atoms with Crippen LogP contribution in [0.15, 0.2) is 23.7 Å². The summed E-state index contributed by atoms with van der Waals surface area (Å²) in [5.41, 5.74) is 3.45. The second-order valence-corrected chi connectivity index (χ2v) is 9.54. The molecule has 1 aromatic rings. The predicted molar refractivity (Wildman–Crippen MR) is 105 cm³/mol. The third kappa shape index (κ3) is 2.30. The maximum atomic E-state index is 11.2. The molecule has 0 saturated heterocycles. The average Bonchev–Trinajstić information content (AvgIpc) is 2.81. The molecule has 0 radical (unpaired) electrons. The molecule has 3 aliphatic carbocycles. The number of halogens is 2. The molecule has 0 spiro atoms. The van der Waals surface area contributed by atoms with E-state index in [9.17, 15) is 10.2 Å². The van der Waals surface area contributed by atoms with Gasteiger partial charge in [-0.1, -0.05) is 18.5 Å². The highest BCUT2D eigenvalue weighted by molar-refractivity contribution is 14.1. The largest absolute Gasteiger partial charge is 0.507 e. The third-order valence-electron chi connectivity index (χ3n) is 7.35. The minimum absolute atomic E-state index is 0.0683. The number of hydrogen-bond donors (Lipinski definition) is 2. The Hall–Kier alpha value is -0.260. The molecule has 2 nitrogen and oxygen atoms in total. The van der Waals surface area contributed by atoms with Gasteiger partial charge in [0, 0.05) is 11.0 Å². The van der Waals surface area contributed by atoms with Crippen molar-refractivity contribution in [2.75, 3.05) is 0 Å². The number of phenols is 1. The summed E-state index contributed by atoms with van der Waals surface area (Å²) in [4.78, 5) is 0. The number of aryl methyl sites for hydroxylation is 1. The van der Waals surface area contributed by atoms with Crippen LogP contribution in [0.4, 0.5) is 0 Å². The van der Waals surface area contributed by atoms with E-state index in [1.807, 2.05) is 12.1 Å². The first-order valence-corrected chi connectivity index (χ1v) is 10.4. The van der Waals surface area contributed by atoms with Gasteiger partial charge >= 0.3 is 0 Å². The highest BCUT2D eigenvalue weighted by Crippen LogP contribution is 2.64. The van der Waals surface area contributed by atoms with Crippen molar-refractivity contribution in [2.24, 2.45) is 17.3 Å². The molecule has 4 heteroatoms. The molecule has 0 aliphatic heterocycles. The van der Waals surface area contributed by atoms with Crippen LogP contribution < -0.4 is 0 Å². The van der Waals surface area contributed by atoms with Gasteiger partial charge in [0.2, 0.25) is 0 Å². The standard InChI is InChI=1S/C20H24ClIO2/c1-19-6-4-13-14(16(19)5-7-20(19,24)8-9-21)3-2-12-10-18(23)17(22)11-15(12)13/h8-11,13-14,16,23-24H,2-7H2,1H3/b9-8+/t13-,14+,16-,19-,20+/m0/s1. The zero-order valence-corrected chi connectivity index (χ0v) is 16.8. The van der Waals surface area contributed by atoms with Gasteiger partial charge in [-0.25, -0.2) is 0 Å². The summed E-state index contributed by atoms with van der Waals surface area (Å²) in [6.07, 6.45) is 8.08. The van der Waals surface area contributed by atoms with E-state index in [0.29, 0.717) is 23.5 Å². The summed E-state index contributed by atoms with van der Waals surface area (Å²) in [7, 11) is 0. The first-order chi connectivity index (χ1) is 11.4. The second kappa shape index (κ2) is 5.88. The molecule has 5 atom stereocenters. The summed E-state index contributed by atoms with van der Waals surface area (Å²) in [5.74, 6) is 2.17. The maximum absolute atomic E-state index is 11.2. The Balaban J connectivity index is 1.72. The van der Waals surface area contributed by atoms with Crippen molar-refractivity contribution in [3.05, 3.63) is 38.4 Å². The number of fused-ring (bicyclic) bond motifs is 5. The molecule has 2 saturated carbocycles. The molecule has 3 aliphatic rings. The van der Waals surface area contributed by atoms with Gasteiger partial charge in [-0.3, -0.25) is 0 Å². The molecule has 2 N–H and O–H groups in total. The van der Waals surface area contributed by atoms with Gasteiger partial charge in [0.1, 0.15) is 5.75 Å². The number of aromatic hydroxyl groups is 1. The van der Waals surface area contributed by atoms with Crippen molar-refractivity contribution in [1.29, 1.82) is 0 Å². The lowest BCUT2D eigenvalue weighted by Gasteiger charge is -2.52. The molecule has 0 aromatic heterocycles. The minimum Gasteiger partial charge on any atom is -0.507 e. The Morgan fingerprint density at radius 1 is 1.25 bits per heavy atom. The Kier molecular flexibility index (Phi) is 4.21. The van der Waals surface area contributed by atoms with Crippen molar-refractivity contribution in [3.63, 3.8) is 0 Å². The monoisotopic (exact) mass is 458 g/mol. The van der Waals surface area contributed by atoms with Gasteiger partial charge in [0.05, 0.1) is 9.17 Å². The van der Waals surface area contributed by atoms with Crippen LogP contribution in [0.3, 0.4) is 0 Å². The highest BCUT2D eigenvalue weighted by atomic mass is 127. The first-order valence-electron chi connectivity index (χ1n) is 8.91. The summed E-state index contributed by atoms with van der Waals surface area (Å²) >= 11 is 8.07. The summed E-state index contributed by atoms with van der Waals surface area (Å²) < 4.78 is 0.952. The predicted octanol–water partition coefficient (Wildman–Crippen LogP) is 5.34. The van der Waals surface area contributed by atoms with E-state index in [1.54, 1.807) is 0 Å². The molecule has 2 fully saturated rings. The Morgan fingerprint density at radius 2 is 2.04 bits per heavy atom. The van der Waals surface area contributed by atoms with E-state index in [1.165, 1.54) is 23.1 Å². The van der Waals surface area contributed by atoms with E-state index >= 15 is 0 Å². The molecule has 0 amide bonds. The smallest absolute Gasteiger partial charge is 0.129 e. The number of benzene rings is 1. The fraction of sp³-hybridized carbons (Fsp3) is 0.600. The fourth-order valence-corrected chi connectivity index (χ4v) is 6.71. The van der Waals surface area contributed by atoms with Crippen molar-refractivity contribution in [2.45, 2.75) is 57.0 Å². The normalized spacial score (nSPS) is 41.1. The number of phenolic OH excluding ortho intramolecular Hbond substituents is 1. The van der Waals surface area contributed by atoms with E-state index in [2.05, 4.69) is 35.6 Å². The van der Waals surface area contributed by atoms with E-state index in [-0.39, 0.29) is 5.41 Å². The molecular formula is C20H24ClIO2. The Labute approximate surface area is 162 Å². The van der Waals surface area contributed by atoms with Crippen LogP contribution in [-0.2, 0) is 6.42 Å². The number of rotatable bonds is 1. The van der Waals surface area contributed by atoms with Gasteiger partial charge in [-0.15, -0.1) is 0 Å². The number of hydrogen-bond acceptors (Lipinski definition) is 2. The summed E-state index contributed by atoms with van der Waals surface area (Å²) in [5, 5.41) is 21.2. The lowest BCUT2D eigenvalue weighted by atomic mass is 9.53. The van der Waals surface area contributed by atoms with Crippen molar-refractivity contribution in [1.82, 2.24) is 0 Å². The van der Waals surface area contributed by atoms with Crippen LogP contribution in [0.5, 0.6) is 5.75 Å². The lowest BCUT2D eigenvalue weighted by molar-refractivity contribution is -0.0708. The van der Waals surface area contributed by atoms with Crippen molar-refractivity contribution in [3.8, 4) is 5.75 Å². The van der Waals surface area contributed by atoms with Gasteiger partial charge in [-0.05, 0) is 108 Å². The quantitative estimate of drug-likeness (QED) is 0.558. The molecule has 1 aromatic carbocycles. The SMILES string of the molecule is C[C@]12CC[C@@H]3c4cc(I)c(O)cc4CC[C@H]3[C@@H]1CC[C@@]2(O)/C=C/Cl. The third-order valence-corrected chi connectivity index (χ3v) is 8.34. The van der Waals surface area contributed by atoms with Gasteiger partial charge in [0.25, 0.3) is 0 Å². The molecule has 4 rings (SSSR count). The highest BCUT2D eigenvalue weighted by Gasteiger charge is 2.60. The molecule has 0 heterocycles. The van der Waals surface area contributed by atoms with Crippen molar-refractivity contribution < 1.29 is 10.2 Å². The van der Waals surface area contributed by atoms with Gasteiger partial charge in [0.15, 0.2) is 0 Å². The second-order valence-electron chi connectivity index (χ2n) is 8.13. The number of aliphatic hydroxyl groups is 1. The van der Waals surface area contributed by atoms with Crippen LogP contribution >= 0.6 is 34.2 Å². The van der Waals surface area contributed by atoms with E-state index < -0.39 is 5.60 Å². The van der Waals surface area contributed by atoms with Crippen LogP contribution in [0.1, 0.15) is 56.1 Å². The molecule has 0 bridgehead atoms. The van der Waals surface area contributed by atoms with Crippen LogP contribution in [0.25, 0.3) is 0 Å². The zero-order chi connectivity index (χ0) is 17.1. The van der Waals surface area contributed by atoms with Crippen LogP contribution in [0.2, 0.25) is 0 Å². The summed E-state index contributed by atoms with van der Waals surface area (Å²) in [6.45, 7) is 2.27. The van der Waals surface area contributed by atoms with Crippen LogP contribution in [-0.4, -0.2) is 15.8 Å². The zero-order valence-electron chi connectivity index (χ0n) is 13.9. The average molecular weight is 459 g/mol. The Bertz CT molecular complexity index is 703. The maximum Gasteiger partial charge on any atom is 0.129 e. The lowest BCUT2D eigenvalue weighted by Crippen LogP contribution is -2.49. The Morgan fingerprint density at radius 3 is 2.79 bits per heavy atom. The van der Waals surface area contributed by atoms with Crippen LogP contribution in [0, 0.1) is 20.8 Å². The molecule has 130 valence electrons. The van der Waals surface area contributed by atoms with Gasteiger partial charge < -0.3 is 10.2 Å². The van der Waals surface area contributed by atoms with Crippen molar-refractivity contribution >= 4 is 34.2 Å². The van der Waals surface area contributed by atoms with E-state index in [0.717, 1.165) is 35.7 Å². The molecule has 24 heavy (non-hydrogen) atoms. The summed E-state index contributed by atoms with van der Waals surface area (Å²) in [6, 6.07) is 4.17. The minimum atomic E-state index is -0.756. The van der Waals surface area contributed by atoms with Gasteiger partial charge in [-0.2, -0.15) is 0 Å². The van der Waals surface area contributed by atoms with E-state index in [4.69, 9.17) is 11.6 Å². The first kappa shape index (κ1) is 17.2. The molecular weight excluding hydrogens is 435 g/mol. The topological polar surface area (TPSA) is 40.5 Å². The fourth-order valence-electron chi connectivity index (χ4n) is 6.01.